The number of carbonyl (C=O) groups excluding carboxylic acids is 1. The number of carbonyl (C=O) groups is 1. The zero-order chi connectivity index (χ0) is 12.4. The first-order chi connectivity index (χ1) is 8.11. The summed E-state index contributed by atoms with van der Waals surface area (Å²) in [7, 11) is 0. The Morgan fingerprint density at radius 1 is 1.29 bits per heavy atom. The SMILES string of the molecule is Cc1ccc(C(=O)C2CSCCS2)c(F)c1F. The van der Waals surface area contributed by atoms with Crippen molar-refractivity contribution in [2.24, 2.45) is 0 Å². The first-order valence-corrected chi connectivity index (χ1v) is 7.49. The van der Waals surface area contributed by atoms with Gasteiger partial charge in [0, 0.05) is 17.3 Å². The van der Waals surface area contributed by atoms with Gasteiger partial charge in [0.15, 0.2) is 17.4 Å². The Labute approximate surface area is 107 Å². The normalized spacial score (nSPS) is 20.3. The lowest BCUT2D eigenvalue weighted by Gasteiger charge is -2.20. The third-order valence-electron chi connectivity index (χ3n) is 2.65. The van der Waals surface area contributed by atoms with Crippen molar-refractivity contribution in [3.8, 4) is 0 Å². The molecule has 0 amide bonds. The van der Waals surface area contributed by atoms with Crippen LogP contribution in [0.25, 0.3) is 0 Å². The fraction of sp³-hybridized carbons (Fsp3) is 0.417. The molecule has 1 heterocycles. The van der Waals surface area contributed by atoms with E-state index in [-0.39, 0.29) is 22.2 Å². The maximum absolute atomic E-state index is 13.7. The highest BCUT2D eigenvalue weighted by atomic mass is 32.2. The molecule has 1 aliphatic rings. The molecule has 0 spiro atoms. The summed E-state index contributed by atoms with van der Waals surface area (Å²) in [6.07, 6.45) is 0. The Hall–Kier alpha value is -0.550. The van der Waals surface area contributed by atoms with Crippen LogP contribution in [0.3, 0.4) is 0 Å². The van der Waals surface area contributed by atoms with Gasteiger partial charge in [-0.3, -0.25) is 4.79 Å². The molecule has 0 N–H and O–H groups in total. The maximum atomic E-state index is 13.7. The van der Waals surface area contributed by atoms with E-state index in [9.17, 15) is 13.6 Å². The van der Waals surface area contributed by atoms with Crippen LogP contribution in [-0.2, 0) is 0 Å². The van der Waals surface area contributed by atoms with E-state index in [1.807, 2.05) is 0 Å². The molecule has 1 aromatic rings. The summed E-state index contributed by atoms with van der Waals surface area (Å²) >= 11 is 3.21. The van der Waals surface area contributed by atoms with Crippen molar-refractivity contribution in [3.63, 3.8) is 0 Å². The minimum atomic E-state index is -1.01. The minimum absolute atomic E-state index is 0.117. The smallest absolute Gasteiger partial charge is 0.179 e. The van der Waals surface area contributed by atoms with E-state index in [1.165, 1.54) is 30.8 Å². The largest absolute Gasteiger partial charge is 0.293 e. The van der Waals surface area contributed by atoms with E-state index >= 15 is 0 Å². The zero-order valence-corrected chi connectivity index (χ0v) is 11.0. The summed E-state index contributed by atoms with van der Waals surface area (Å²) in [4.78, 5) is 12.0. The first kappa shape index (κ1) is 12.9. The Morgan fingerprint density at radius 3 is 2.71 bits per heavy atom. The van der Waals surface area contributed by atoms with Gasteiger partial charge < -0.3 is 0 Å². The van der Waals surface area contributed by atoms with Crippen LogP contribution in [0.4, 0.5) is 8.78 Å². The van der Waals surface area contributed by atoms with Crippen LogP contribution < -0.4 is 0 Å². The quantitative estimate of drug-likeness (QED) is 0.770. The van der Waals surface area contributed by atoms with Crippen molar-refractivity contribution < 1.29 is 13.6 Å². The number of halogens is 2. The minimum Gasteiger partial charge on any atom is -0.293 e. The number of rotatable bonds is 2. The molecule has 0 radical (unpaired) electrons. The molecule has 92 valence electrons. The Balaban J connectivity index is 2.27. The van der Waals surface area contributed by atoms with Gasteiger partial charge >= 0.3 is 0 Å². The maximum Gasteiger partial charge on any atom is 0.179 e. The fourth-order valence-electron chi connectivity index (χ4n) is 1.65. The van der Waals surface area contributed by atoms with Gasteiger partial charge in [0.05, 0.1) is 10.8 Å². The number of hydrogen-bond donors (Lipinski definition) is 0. The number of hydrogen-bond acceptors (Lipinski definition) is 3. The molecule has 1 saturated heterocycles. The summed E-state index contributed by atoms with van der Waals surface area (Å²) in [5.41, 5.74) is 0.109. The lowest BCUT2D eigenvalue weighted by atomic mass is 10.1. The van der Waals surface area contributed by atoms with Crippen molar-refractivity contribution in [1.82, 2.24) is 0 Å². The second-order valence-electron chi connectivity index (χ2n) is 3.86. The summed E-state index contributed by atoms with van der Waals surface area (Å²) < 4.78 is 27.0. The molecule has 0 saturated carbocycles. The van der Waals surface area contributed by atoms with Gasteiger partial charge in [-0.2, -0.15) is 11.8 Å². The summed E-state index contributed by atoms with van der Waals surface area (Å²) in [5, 5.41) is -0.245. The third kappa shape index (κ3) is 2.65. The van der Waals surface area contributed by atoms with Crippen molar-refractivity contribution in [2.45, 2.75) is 12.2 Å². The Kier molecular flexibility index (Phi) is 4.09. The predicted molar refractivity (Wildman–Crippen MR) is 69.0 cm³/mol. The first-order valence-electron chi connectivity index (χ1n) is 5.29. The molecule has 1 aliphatic heterocycles. The van der Waals surface area contributed by atoms with Crippen LogP contribution in [0.15, 0.2) is 12.1 Å². The number of ketones is 1. The molecular formula is C12H12F2OS2. The van der Waals surface area contributed by atoms with E-state index in [4.69, 9.17) is 0 Å². The van der Waals surface area contributed by atoms with Gasteiger partial charge in [-0.05, 0) is 18.6 Å². The molecule has 0 aliphatic carbocycles. The number of Topliss-reactive ketones (excluding diaryl/α,β-unsaturated/α-hetero) is 1. The van der Waals surface area contributed by atoms with Crippen LogP contribution in [0.2, 0.25) is 0 Å². The topological polar surface area (TPSA) is 17.1 Å². The van der Waals surface area contributed by atoms with E-state index in [1.54, 1.807) is 11.8 Å². The molecule has 5 heteroatoms. The van der Waals surface area contributed by atoms with Crippen LogP contribution in [-0.4, -0.2) is 28.3 Å². The monoisotopic (exact) mass is 274 g/mol. The van der Waals surface area contributed by atoms with Gasteiger partial charge in [0.25, 0.3) is 0 Å². The number of aryl methyl sites for hydroxylation is 1. The standard InChI is InChI=1S/C12H12F2OS2/c1-7-2-3-8(11(14)10(7)13)12(15)9-6-16-4-5-17-9/h2-3,9H,4-6H2,1H3. The zero-order valence-electron chi connectivity index (χ0n) is 9.33. The van der Waals surface area contributed by atoms with Crippen LogP contribution in [0.5, 0.6) is 0 Å². The third-order valence-corrected chi connectivity index (χ3v) is 5.40. The fourth-order valence-corrected chi connectivity index (χ4v) is 4.27. The van der Waals surface area contributed by atoms with Gasteiger partial charge in [0.1, 0.15) is 0 Å². The molecule has 17 heavy (non-hydrogen) atoms. The highest BCUT2D eigenvalue weighted by Gasteiger charge is 2.27. The molecule has 0 aromatic heterocycles. The van der Waals surface area contributed by atoms with E-state index < -0.39 is 11.6 Å². The Morgan fingerprint density at radius 2 is 2.06 bits per heavy atom. The number of thioether (sulfide) groups is 2. The molecule has 1 atom stereocenters. The molecule has 2 rings (SSSR count). The molecule has 1 aromatic carbocycles. The number of benzene rings is 1. The Bertz CT molecular complexity index is 442. The summed E-state index contributed by atoms with van der Waals surface area (Å²) in [6.45, 7) is 1.48. The van der Waals surface area contributed by atoms with Crippen molar-refractivity contribution >= 4 is 29.3 Å². The van der Waals surface area contributed by atoms with Crippen molar-refractivity contribution in [3.05, 3.63) is 34.9 Å². The average molecular weight is 274 g/mol. The predicted octanol–water partition coefficient (Wildman–Crippen LogP) is 3.30. The highest BCUT2D eigenvalue weighted by Crippen LogP contribution is 2.28. The molecule has 0 bridgehead atoms. The second kappa shape index (κ2) is 5.40. The summed E-state index contributed by atoms with van der Waals surface area (Å²) in [6, 6.07) is 2.84. The van der Waals surface area contributed by atoms with Crippen LogP contribution >= 0.6 is 23.5 Å². The van der Waals surface area contributed by atoms with Crippen molar-refractivity contribution in [2.75, 3.05) is 17.3 Å². The van der Waals surface area contributed by atoms with Gasteiger partial charge in [-0.25, -0.2) is 8.78 Å². The van der Waals surface area contributed by atoms with E-state index in [0.29, 0.717) is 5.75 Å². The molecule has 1 nitrogen and oxygen atoms in total. The van der Waals surface area contributed by atoms with E-state index in [2.05, 4.69) is 0 Å². The van der Waals surface area contributed by atoms with Gasteiger partial charge in [-0.1, -0.05) is 6.07 Å². The molecular weight excluding hydrogens is 262 g/mol. The lowest BCUT2D eigenvalue weighted by molar-refractivity contribution is 0.0990. The average Bonchev–Trinajstić information content (AvgIpc) is 2.36. The van der Waals surface area contributed by atoms with Crippen molar-refractivity contribution in [1.29, 1.82) is 0 Å². The van der Waals surface area contributed by atoms with Crippen LogP contribution in [0.1, 0.15) is 15.9 Å². The second-order valence-corrected chi connectivity index (χ2v) is 6.32. The summed E-state index contributed by atoms with van der Waals surface area (Å²) in [5.74, 6) is 0.364. The highest BCUT2D eigenvalue weighted by molar-refractivity contribution is 8.07. The van der Waals surface area contributed by atoms with Gasteiger partial charge in [0.2, 0.25) is 0 Å². The van der Waals surface area contributed by atoms with Gasteiger partial charge in [-0.15, -0.1) is 11.8 Å². The molecule has 1 unspecified atom stereocenters. The van der Waals surface area contributed by atoms with E-state index in [0.717, 1.165) is 11.5 Å². The molecule has 1 fully saturated rings. The van der Waals surface area contributed by atoms with Crippen LogP contribution in [0, 0.1) is 18.6 Å². The lowest BCUT2D eigenvalue weighted by Crippen LogP contribution is -2.25.